The van der Waals surface area contributed by atoms with Gasteiger partial charge in [-0.05, 0) is 42.0 Å². The molecular formula is C26H20FN7O. The second-order valence-electron chi connectivity index (χ2n) is 8.48. The third-order valence-electron chi connectivity index (χ3n) is 5.87. The minimum absolute atomic E-state index is 0.143. The number of hydrogen-bond donors (Lipinski definition) is 3. The van der Waals surface area contributed by atoms with Crippen LogP contribution in [0, 0.1) is 5.82 Å². The number of imidazole rings is 1. The molecule has 4 aromatic heterocycles. The SMILES string of the molecule is CN(C)c1cncc(-c2ccc3[nH]nc(-c4nc5c(-c6cc(O)cc(F)c6)cccc5[nH]4)c3n2)c1. The predicted molar refractivity (Wildman–Crippen MR) is 134 cm³/mol. The van der Waals surface area contributed by atoms with Gasteiger partial charge in [0.2, 0.25) is 0 Å². The summed E-state index contributed by atoms with van der Waals surface area (Å²) in [7, 11) is 3.93. The van der Waals surface area contributed by atoms with E-state index >= 15 is 0 Å². The van der Waals surface area contributed by atoms with Crippen LogP contribution in [0.5, 0.6) is 5.75 Å². The highest BCUT2D eigenvalue weighted by Crippen LogP contribution is 2.33. The summed E-state index contributed by atoms with van der Waals surface area (Å²) < 4.78 is 13.9. The number of phenols is 1. The van der Waals surface area contributed by atoms with E-state index < -0.39 is 5.82 Å². The second kappa shape index (κ2) is 7.91. The second-order valence-corrected chi connectivity index (χ2v) is 8.48. The lowest BCUT2D eigenvalue weighted by molar-refractivity contribution is 0.469. The number of benzene rings is 2. The van der Waals surface area contributed by atoms with Gasteiger partial charge in [-0.15, -0.1) is 0 Å². The maximum atomic E-state index is 13.9. The molecule has 0 aliphatic carbocycles. The van der Waals surface area contributed by atoms with Crippen molar-refractivity contribution in [3.63, 3.8) is 0 Å². The molecule has 0 amide bonds. The number of aromatic amines is 2. The van der Waals surface area contributed by atoms with Crippen molar-refractivity contribution in [2.75, 3.05) is 19.0 Å². The minimum atomic E-state index is -0.518. The molecule has 0 saturated heterocycles. The van der Waals surface area contributed by atoms with Gasteiger partial charge in [-0.3, -0.25) is 10.1 Å². The summed E-state index contributed by atoms with van der Waals surface area (Å²) >= 11 is 0. The van der Waals surface area contributed by atoms with Crippen molar-refractivity contribution in [1.29, 1.82) is 0 Å². The zero-order valence-corrected chi connectivity index (χ0v) is 18.9. The van der Waals surface area contributed by atoms with Crippen LogP contribution < -0.4 is 4.90 Å². The van der Waals surface area contributed by atoms with Crippen LogP contribution in [0.2, 0.25) is 0 Å². The number of nitrogens with one attached hydrogen (secondary N) is 2. The zero-order valence-electron chi connectivity index (χ0n) is 18.9. The molecule has 8 nitrogen and oxygen atoms in total. The van der Waals surface area contributed by atoms with E-state index in [0.29, 0.717) is 33.7 Å². The molecule has 6 aromatic rings. The molecule has 0 aliphatic heterocycles. The van der Waals surface area contributed by atoms with Crippen molar-refractivity contribution < 1.29 is 9.50 Å². The fourth-order valence-electron chi connectivity index (χ4n) is 4.14. The lowest BCUT2D eigenvalue weighted by Crippen LogP contribution is -2.08. The van der Waals surface area contributed by atoms with Crippen molar-refractivity contribution >= 4 is 27.8 Å². The van der Waals surface area contributed by atoms with E-state index in [1.54, 1.807) is 12.4 Å². The van der Waals surface area contributed by atoms with Crippen LogP contribution in [0.3, 0.4) is 0 Å². The van der Waals surface area contributed by atoms with E-state index in [2.05, 4.69) is 20.2 Å². The number of rotatable bonds is 4. The standard InChI is InChI=1S/C26H20FN7O/c1-34(2)17-9-15(12-28-13-17)20-6-7-22-24(29-20)25(33-32-22)26-30-21-5-3-4-19(23(21)31-26)14-8-16(27)11-18(35)10-14/h3-13,35H,1-2H3,(H,30,31)(H,32,33). The Kier molecular flexibility index (Phi) is 4.70. The topological polar surface area (TPSA) is 107 Å². The third-order valence-corrected chi connectivity index (χ3v) is 5.87. The summed E-state index contributed by atoms with van der Waals surface area (Å²) in [5.74, 6) is -0.129. The molecule has 3 N–H and O–H groups in total. The maximum Gasteiger partial charge on any atom is 0.161 e. The summed E-state index contributed by atoms with van der Waals surface area (Å²) in [6, 6.07) is 15.4. The van der Waals surface area contributed by atoms with Crippen molar-refractivity contribution in [3.05, 3.63) is 72.8 Å². The average molecular weight is 465 g/mol. The Morgan fingerprint density at radius 1 is 0.886 bits per heavy atom. The summed E-state index contributed by atoms with van der Waals surface area (Å²) in [4.78, 5) is 19.3. The number of aromatic hydroxyl groups is 1. The van der Waals surface area contributed by atoms with Gasteiger partial charge in [0.05, 0.1) is 34.1 Å². The molecule has 9 heteroatoms. The van der Waals surface area contributed by atoms with E-state index in [-0.39, 0.29) is 5.75 Å². The maximum absolute atomic E-state index is 13.9. The normalized spacial score (nSPS) is 11.4. The van der Waals surface area contributed by atoms with E-state index in [0.717, 1.165) is 34.0 Å². The van der Waals surface area contributed by atoms with Crippen LogP contribution in [0.4, 0.5) is 10.1 Å². The van der Waals surface area contributed by atoms with Crippen molar-refractivity contribution in [2.45, 2.75) is 0 Å². The summed E-state index contributed by atoms with van der Waals surface area (Å²) in [6.45, 7) is 0. The van der Waals surface area contributed by atoms with Crippen molar-refractivity contribution in [1.82, 2.24) is 30.1 Å². The highest BCUT2D eigenvalue weighted by molar-refractivity contribution is 5.96. The van der Waals surface area contributed by atoms with E-state index in [9.17, 15) is 9.50 Å². The fraction of sp³-hybridized carbons (Fsp3) is 0.0769. The number of anilines is 1. The third kappa shape index (κ3) is 3.63. The highest BCUT2D eigenvalue weighted by atomic mass is 19.1. The Morgan fingerprint density at radius 2 is 1.77 bits per heavy atom. The number of pyridine rings is 2. The molecule has 2 aromatic carbocycles. The predicted octanol–water partition coefficient (Wildman–Crippen LogP) is 5.14. The van der Waals surface area contributed by atoms with Gasteiger partial charge in [-0.1, -0.05) is 12.1 Å². The minimum Gasteiger partial charge on any atom is -0.508 e. The molecule has 6 rings (SSSR count). The Balaban J connectivity index is 1.48. The van der Waals surface area contributed by atoms with Crippen LogP contribution >= 0.6 is 0 Å². The van der Waals surface area contributed by atoms with E-state index in [1.165, 1.54) is 12.1 Å². The average Bonchev–Trinajstić information content (AvgIpc) is 3.47. The summed E-state index contributed by atoms with van der Waals surface area (Å²) in [5, 5.41) is 17.4. The molecule has 0 saturated carbocycles. The van der Waals surface area contributed by atoms with Crippen LogP contribution in [0.25, 0.3) is 56.0 Å². The largest absolute Gasteiger partial charge is 0.508 e. The Hall–Kier alpha value is -4.79. The Labute approximate surface area is 199 Å². The molecule has 0 unspecified atom stereocenters. The monoisotopic (exact) mass is 465 g/mol. The van der Waals surface area contributed by atoms with Gasteiger partial charge in [0.1, 0.15) is 17.1 Å². The smallest absolute Gasteiger partial charge is 0.161 e. The number of aromatic nitrogens is 6. The van der Waals surface area contributed by atoms with Crippen molar-refractivity contribution in [2.24, 2.45) is 0 Å². The van der Waals surface area contributed by atoms with Crippen LogP contribution in [0.1, 0.15) is 0 Å². The Bertz CT molecular complexity index is 1700. The van der Waals surface area contributed by atoms with Gasteiger partial charge in [0.15, 0.2) is 11.5 Å². The molecule has 0 bridgehead atoms. The molecule has 0 atom stereocenters. The van der Waals surface area contributed by atoms with Gasteiger partial charge in [0.25, 0.3) is 0 Å². The molecule has 4 heterocycles. The number of nitrogens with zero attached hydrogens (tertiary/aromatic N) is 5. The van der Waals surface area contributed by atoms with E-state index in [4.69, 9.17) is 9.97 Å². The summed E-state index contributed by atoms with van der Waals surface area (Å²) in [5.41, 5.74) is 7.28. The number of phenolic OH excluding ortho intramolecular Hbond substituents is 1. The first-order valence-electron chi connectivity index (χ1n) is 10.9. The molecular weight excluding hydrogens is 445 g/mol. The summed E-state index contributed by atoms with van der Waals surface area (Å²) in [6.07, 6.45) is 3.58. The lowest BCUT2D eigenvalue weighted by atomic mass is 10.0. The van der Waals surface area contributed by atoms with Crippen LogP contribution in [-0.4, -0.2) is 49.3 Å². The van der Waals surface area contributed by atoms with Crippen LogP contribution in [0.15, 0.2) is 67.0 Å². The zero-order chi connectivity index (χ0) is 24.1. The number of halogens is 1. The number of para-hydroxylation sites is 1. The highest BCUT2D eigenvalue weighted by Gasteiger charge is 2.17. The molecule has 0 spiro atoms. The first-order valence-corrected chi connectivity index (χ1v) is 10.9. The first kappa shape index (κ1) is 20.8. The molecule has 0 fully saturated rings. The van der Waals surface area contributed by atoms with Gasteiger partial charge < -0.3 is 15.0 Å². The van der Waals surface area contributed by atoms with Crippen molar-refractivity contribution in [3.8, 4) is 39.7 Å². The van der Waals surface area contributed by atoms with Gasteiger partial charge >= 0.3 is 0 Å². The van der Waals surface area contributed by atoms with Gasteiger partial charge in [-0.2, -0.15) is 5.10 Å². The van der Waals surface area contributed by atoms with Gasteiger partial charge in [-0.25, -0.2) is 14.4 Å². The van der Waals surface area contributed by atoms with Gasteiger partial charge in [0, 0.05) is 37.5 Å². The fourth-order valence-corrected chi connectivity index (χ4v) is 4.14. The number of hydrogen-bond acceptors (Lipinski definition) is 6. The Morgan fingerprint density at radius 3 is 2.60 bits per heavy atom. The molecule has 35 heavy (non-hydrogen) atoms. The number of H-pyrrole nitrogens is 2. The first-order chi connectivity index (χ1) is 17.0. The lowest BCUT2D eigenvalue weighted by Gasteiger charge is -2.12. The van der Waals surface area contributed by atoms with Crippen LogP contribution in [-0.2, 0) is 0 Å². The quantitative estimate of drug-likeness (QED) is 0.333. The molecule has 0 aliphatic rings. The molecule has 172 valence electrons. The molecule has 0 radical (unpaired) electrons. The number of fused-ring (bicyclic) bond motifs is 2. The van der Waals surface area contributed by atoms with E-state index in [1.807, 2.05) is 55.4 Å².